The number of amides is 3. The molecule has 2 aromatic carbocycles. The van der Waals surface area contributed by atoms with E-state index in [1.807, 2.05) is 48.5 Å². The zero-order chi connectivity index (χ0) is 23.3. The Hall–Kier alpha value is -3.88. The molecule has 4 N–H and O–H groups in total. The molecule has 2 atom stereocenters. The highest BCUT2D eigenvalue weighted by molar-refractivity contribution is 5.91. The number of carbonyl (C=O) groups excluding carboxylic acids is 3. The minimum absolute atomic E-state index is 0.0954. The van der Waals surface area contributed by atoms with Gasteiger partial charge in [-0.1, -0.05) is 48.5 Å². The lowest BCUT2D eigenvalue weighted by Gasteiger charge is -2.17. The lowest BCUT2D eigenvalue weighted by atomic mass is 9.98. The van der Waals surface area contributed by atoms with Gasteiger partial charge in [-0.05, 0) is 36.1 Å². The summed E-state index contributed by atoms with van der Waals surface area (Å²) in [7, 11) is 0. The molecule has 0 saturated carbocycles. The van der Waals surface area contributed by atoms with Crippen LogP contribution < -0.4 is 16.0 Å². The number of nitrogens with one attached hydrogen (secondary N) is 3. The van der Waals surface area contributed by atoms with Crippen molar-refractivity contribution in [3.05, 3.63) is 59.7 Å². The number of carbonyl (C=O) groups is 4. The van der Waals surface area contributed by atoms with E-state index in [1.54, 1.807) is 0 Å². The smallest absolute Gasteiger partial charge is 0.407 e. The highest BCUT2D eigenvalue weighted by Gasteiger charge is 2.29. The zero-order valence-corrected chi connectivity index (χ0v) is 17.8. The van der Waals surface area contributed by atoms with Gasteiger partial charge in [0.2, 0.25) is 11.8 Å². The first-order chi connectivity index (χ1) is 15.3. The molecule has 3 rings (SSSR count). The van der Waals surface area contributed by atoms with Crippen molar-refractivity contribution in [3.8, 4) is 11.1 Å². The predicted molar refractivity (Wildman–Crippen MR) is 116 cm³/mol. The van der Waals surface area contributed by atoms with Crippen molar-refractivity contribution in [3.63, 3.8) is 0 Å². The number of carboxylic acid groups (broad SMARTS) is 1. The molecule has 168 valence electrons. The van der Waals surface area contributed by atoms with E-state index in [4.69, 9.17) is 9.84 Å². The fourth-order valence-electron chi connectivity index (χ4n) is 3.56. The molecule has 0 heterocycles. The second-order valence-corrected chi connectivity index (χ2v) is 7.54. The Morgan fingerprint density at radius 1 is 0.906 bits per heavy atom. The number of aliphatic carboxylic acids is 1. The van der Waals surface area contributed by atoms with Crippen LogP contribution in [0, 0.1) is 0 Å². The normalized spacial score (nSPS) is 13.8. The van der Waals surface area contributed by atoms with Crippen LogP contribution in [0.15, 0.2) is 48.5 Å². The van der Waals surface area contributed by atoms with Crippen LogP contribution in [0.5, 0.6) is 0 Å². The summed E-state index contributed by atoms with van der Waals surface area (Å²) < 4.78 is 5.35. The number of alkyl carbamates (subject to hydrolysis) is 1. The van der Waals surface area contributed by atoms with E-state index in [0.717, 1.165) is 22.3 Å². The van der Waals surface area contributed by atoms with Gasteiger partial charge in [0.05, 0.1) is 0 Å². The SMILES string of the molecule is C[C@H](NC(=O)[C@H](C)NC(=O)CNC(=O)OCC1c2ccccc2-c2ccccc21)C(=O)O. The number of ether oxygens (including phenoxy) is 1. The molecule has 0 fully saturated rings. The van der Waals surface area contributed by atoms with Gasteiger partial charge in [-0.3, -0.25) is 14.4 Å². The summed E-state index contributed by atoms with van der Waals surface area (Å²) in [5.74, 6) is -2.53. The minimum Gasteiger partial charge on any atom is -0.480 e. The lowest BCUT2D eigenvalue weighted by molar-refractivity contribution is -0.141. The summed E-state index contributed by atoms with van der Waals surface area (Å²) in [5.41, 5.74) is 4.38. The first-order valence-corrected chi connectivity index (χ1v) is 10.2. The topological polar surface area (TPSA) is 134 Å². The summed E-state index contributed by atoms with van der Waals surface area (Å²) in [6.07, 6.45) is -0.751. The highest BCUT2D eigenvalue weighted by atomic mass is 16.5. The van der Waals surface area contributed by atoms with Gasteiger partial charge in [0.15, 0.2) is 0 Å². The van der Waals surface area contributed by atoms with E-state index in [0.29, 0.717) is 0 Å². The van der Waals surface area contributed by atoms with Crippen LogP contribution in [0.3, 0.4) is 0 Å². The second kappa shape index (κ2) is 9.95. The van der Waals surface area contributed by atoms with Gasteiger partial charge in [0.25, 0.3) is 0 Å². The van der Waals surface area contributed by atoms with Crippen LogP contribution in [-0.4, -0.2) is 54.2 Å². The van der Waals surface area contributed by atoms with Gasteiger partial charge in [0, 0.05) is 5.92 Å². The van der Waals surface area contributed by atoms with Crippen LogP contribution in [0.25, 0.3) is 11.1 Å². The molecule has 0 saturated heterocycles. The molecule has 32 heavy (non-hydrogen) atoms. The number of fused-ring (bicyclic) bond motifs is 3. The van der Waals surface area contributed by atoms with E-state index in [1.165, 1.54) is 13.8 Å². The van der Waals surface area contributed by atoms with E-state index < -0.39 is 36.0 Å². The van der Waals surface area contributed by atoms with Crippen LogP contribution in [0.4, 0.5) is 4.79 Å². The number of carboxylic acids is 1. The number of rotatable bonds is 8. The Bertz CT molecular complexity index is 992. The minimum atomic E-state index is -1.19. The van der Waals surface area contributed by atoms with Crippen LogP contribution in [-0.2, 0) is 19.1 Å². The molecular weight excluding hydrogens is 414 g/mol. The van der Waals surface area contributed by atoms with Crippen LogP contribution in [0.1, 0.15) is 30.9 Å². The maximum absolute atomic E-state index is 12.1. The van der Waals surface area contributed by atoms with Crippen LogP contribution in [0.2, 0.25) is 0 Å². The standard InChI is InChI=1S/C23H25N3O6/c1-13(21(28)26-14(2)22(29)30)25-20(27)11-24-23(31)32-12-19-17-9-5-3-7-15(17)16-8-4-6-10-18(16)19/h3-10,13-14,19H,11-12H2,1-2H3,(H,24,31)(H,25,27)(H,26,28)(H,29,30)/t13-,14-/m0/s1. The predicted octanol–water partition coefficient (Wildman–Crippen LogP) is 1.62. The molecule has 1 aliphatic rings. The van der Waals surface area contributed by atoms with Crippen molar-refractivity contribution in [2.45, 2.75) is 31.8 Å². The quantitative estimate of drug-likeness (QED) is 0.494. The average Bonchev–Trinajstić information content (AvgIpc) is 3.09. The molecule has 0 aromatic heterocycles. The monoisotopic (exact) mass is 439 g/mol. The molecule has 1 aliphatic carbocycles. The van der Waals surface area contributed by atoms with E-state index in [9.17, 15) is 19.2 Å². The third-order valence-corrected chi connectivity index (χ3v) is 5.24. The largest absolute Gasteiger partial charge is 0.480 e. The maximum atomic E-state index is 12.1. The lowest BCUT2D eigenvalue weighted by Crippen LogP contribution is -2.51. The Balaban J connectivity index is 1.47. The first kappa shape index (κ1) is 22.8. The summed E-state index contributed by atoms with van der Waals surface area (Å²) >= 11 is 0. The Labute approximate surface area is 185 Å². The maximum Gasteiger partial charge on any atom is 0.407 e. The molecule has 0 bridgehead atoms. The van der Waals surface area contributed by atoms with Gasteiger partial charge >= 0.3 is 12.1 Å². The highest BCUT2D eigenvalue weighted by Crippen LogP contribution is 2.44. The first-order valence-electron chi connectivity index (χ1n) is 10.2. The van der Waals surface area contributed by atoms with Crippen molar-refractivity contribution in [2.24, 2.45) is 0 Å². The number of benzene rings is 2. The molecular formula is C23H25N3O6. The molecule has 9 heteroatoms. The van der Waals surface area contributed by atoms with E-state index in [-0.39, 0.29) is 19.1 Å². The van der Waals surface area contributed by atoms with Crippen molar-refractivity contribution < 1.29 is 29.0 Å². The summed E-state index contributed by atoms with van der Waals surface area (Å²) in [4.78, 5) is 46.8. The summed E-state index contributed by atoms with van der Waals surface area (Å²) in [5, 5.41) is 15.8. The third-order valence-electron chi connectivity index (χ3n) is 5.24. The van der Waals surface area contributed by atoms with Crippen molar-refractivity contribution in [1.29, 1.82) is 0 Å². The summed E-state index contributed by atoms with van der Waals surface area (Å²) in [6.45, 7) is 2.46. The fourth-order valence-corrected chi connectivity index (χ4v) is 3.56. The zero-order valence-electron chi connectivity index (χ0n) is 17.8. The molecule has 0 unspecified atom stereocenters. The molecule has 0 spiro atoms. The molecule has 0 radical (unpaired) electrons. The van der Waals surface area contributed by atoms with Gasteiger partial charge in [-0.25, -0.2) is 4.79 Å². The molecule has 9 nitrogen and oxygen atoms in total. The molecule has 3 amide bonds. The third kappa shape index (κ3) is 5.23. The van der Waals surface area contributed by atoms with E-state index in [2.05, 4.69) is 16.0 Å². The molecule has 2 aromatic rings. The Morgan fingerprint density at radius 2 is 1.47 bits per heavy atom. The average molecular weight is 439 g/mol. The van der Waals surface area contributed by atoms with Gasteiger partial charge < -0.3 is 25.8 Å². The van der Waals surface area contributed by atoms with Gasteiger partial charge in [-0.15, -0.1) is 0 Å². The Kier molecular flexibility index (Phi) is 7.09. The summed E-state index contributed by atoms with van der Waals surface area (Å²) in [6, 6.07) is 13.8. The number of hydrogen-bond acceptors (Lipinski definition) is 5. The van der Waals surface area contributed by atoms with Crippen LogP contribution >= 0.6 is 0 Å². The van der Waals surface area contributed by atoms with Crippen molar-refractivity contribution in [2.75, 3.05) is 13.2 Å². The van der Waals surface area contributed by atoms with Gasteiger partial charge in [-0.2, -0.15) is 0 Å². The molecule has 0 aliphatic heterocycles. The van der Waals surface area contributed by atoms with Crippen molar-refractivity contribution in [1.82, 2.24) is 16.0 Å². The number of hydrogen-bond donors (Lipinski definition) is 4. The van der Waals surface area contributed by atoms with Crippen molar-refractivity contribution >= 4 is 23.9 Å². The Morgan fingerprint density at radius 3 is 2.03 bits per heavy atom. The van der Waals surface area contributed by atoms with Gasteiger partial charge in [0.1, 0.15) is 25.2 Å². The second-order valence-electron chi connectivity index (χ2n) is 7.54. The fraction of sp³-hybridized carbons (Fsp3) is 0.304. The van der Waals surface area contributed by atoms with E-state index >= 15 is 0 Å².